The van der Waals surface area contributed by atoms with Crippen LogP contribution < -0.4 is 0 Å². The summed E-state index contributed by atoms with van der Waals surface area (Å²) in [7, 11) is 0. The van der Waals surface area contributed by atoms with Crippen LogP contribution >= 0.6 is 0 Å². The van der Waals surface area contributed by atoms with Crippen molar-refractivity contribution in [2.75, 3.05) is 0 Å². The number of carboxylic acid groups (broad SMARTS) is 1. The van der Waals surface area contributed by atoms with Gasteiger partial charge in [0.05, 0.1) is 5.92 Å². The molecule has 0 saturated carbocycles. The summed E-state index contributed by atoms with van der Waals surface area (Å²) < 4.78 is 2.01. The van der Waals surface area contributed by atoms with Crippen LogP contribution in [0.25, 0.3) is 0 Å². The Morgan fingerprint density at radius 2 is 2.12 bits per heavy atom. The van der Waals surface area contributed by atoms with Crippen LogP contribution in [0.4, 0.5) is 0 Å². The zero-order valence-corrected chi connectivity index (χ0v) is 10.6. The van der Waals surface area contributed by atoms with Gasteiger partial charge in [-0.15, -0.1) is 10.2 Å². The third-order valence-electron chi connectivity index (χ3n) is 3.73. The van der Waals surface area contributed by atoms with E-state index in [-0.39, 0.29) is 5.92 Å². The Morgan fingerprint density at radius 1 is 1.41 bits per heavy atom. The molecule has 1 aromatic rings. The largest absolute Gasteiger partial charge is 0.481 e. The second-order valence-electron chi connectivity index (χ2n) is 5.19. The van der Waals surface area contributed by atoms with Crippen molar-refractivity contribution in [3.8, 4) is 0 Å². The smallest absolute Gasteiger partial charge is 0.308 e. The number of carbonyl (C=O) groups is 1. The van der Waals surface area contributed by atoms with Crippen molar-refractivity contribution in [3.05, 3.63) is 11.6 Å². The third kappa shape index (κ3) is 2.18. The molecular formula is C12H19N3O2. The summed E-state index contributed by atoms with van der Waals surface area (Å²) in [4.78, 5) is 11.0. The molecule has 1 aliphatic heterocycles. The molecule has 0 saturated heterocycles. The van der Waals surface area contributed by atoms with Crippen LogP contribution in [0.3, 0.4) is 0 Å². The molecule has 2 rings (SSSR count). The lowest BCUT2D eigenvalue weighted by Gasteiger charge is -2.23. The molecule has 0 spiro atoms. The first kappa shape index (κ1) is 12.1. The van der Waals surface area contributed by atoms with Gasteiger partial charge in [-0.25, -0.2) is 0 Å². The van der Waals surface area contributed by atoms with Crippen molar-refractivity contribution in [3.63, 3.8) is 0 Å². The summed E-state index contributed by atoms with van der Waals surface area (Å²) >= 11 is 0. The van der Waals surface area contributed by atoms with Gasteiger partial charge in [0, 0.05) is 18.9 Å². The molecule has 0 aliphatic carbocycles. The first-order chi connectivity index (χ1) is 8.00. The van der Waals surface area contributed by atoms with Crippen molar-refractivity contribution in [2.45, 2.75) is 46.1 Å². The third-order valence-corrected chi connectivity index (χ3v) is 3.73. The molecule has 0 amide bonds. The standard InChI is InChI=1S/C12H19N3O2/c1-7(2)8(3)11-14-13-10-5-4-9(12(16)17)6-15(10)11/h7-9H,4-6H2,1-3H3,(H,16,17). The number of nitrogens with zero attached hydrogens (tertiary/aromatic N) is 3. The number of aryl methyl sites for hydroxylation is 1. The monoisotopic (exact) mass is 237 g/mol. The fourth-order valence-corrected chi connectivity index (χ4v) is 2.18. The lowest BCUT2D eigenvalue weighted by atomic mass is 9.95. The molecular weight excluding hydrogens is 218 g/mol. The molecule has 0 radical (unpaired) electrons. The lowest BCUT2D eigenvalue weighted by molar-refractivity contribution is -0.142. The number of fused-ring (bicyclic) bond motifs is 1. The van der Waals surface area contributed by atoms with E-state index >= 15 is 0 Å². The van der Waals surface area contributed by atoms with E-state index in [2.05, 4.69) is 31.0 Å². The van der Waals surface area contributed by atoms with E-state index in [1.165, 1.54) is 0 Å². The number of carboxylic acids is 1. The Labute approximate surface area is 101 Å². The van der Waals surface area contributed by atoms with E-state index in [4.69, 9.17) is 5.11 Å². The topological polar surface area (TPSA) is 68.0 Å². The molecule has 1 N–H and O–H groups in total. The normalized spacial score (nSPS) is 21.3. The highest BCUT2D eigenvalue weighted by atomic mass is 16.4. The van der Waals surface area contributed by atoms with Crippen molar-refractivity contribution in [2.24, 2.45) is 11.8 Å². The van der Waals surface area contributed by atoms with Gasteiger partial charge in [-0.2, -0.15) is 0 Å². The molecule has 0 bridgehead atoms. The van der Waals surface area contributed by atoms with Crippen LogP contribution in [0.5, 0.6) is 0 Å². The number of hydrogen-bond acceptors (Lipinski definition) is 3. The molecule has 1 aromatic heterocycles. The fraction of sp³-hybridized carbons (Fsp3) is 0.750. The minimum Gasteiger partial charge on any atom is -0.481 e. The van der Waals surface area contributed by atoms with Gasteiger partial charge in [0.1, 0.15) is 11.6 Å². The Kier molecular flexibility index (Phi) is 3.17. The summed E-state index contributed by atoms with van der Waals surface area (Å²) in [5.41, 5.74) is 0. The van der Waals surface area contributed by atoms with Gasteiger partial charge < -0.3 is 9.67 Å². The predicted octanol–water partition coefficient (Wildman–Crippen LogP) is 1.68. The van der Waals surface area contributed by atoms with Gasteiger partial charge >= 0.3 is 5.97 Å². The van der Waals surface area contributed by atoms with Gasteiger partial charge in [0.15, 0.2) is 0 Å². The number of hydrogen-bond donors (Lipinski definition) is 1. The van der Waals surface area contributed by atoms with Crippen molar-refractivity contribution in [1.82, 2.24) is 14.8 Å². The molecule has 0 aromatic carbocycles. The van der Waals surface area contributed by atoms with Gasteiger partial charge in [0.25, 0.3) is 0 Å². The molecule has 0 fully saturated rings. The molecule has 5 nitrogen and oxygen atoms in total. The van der Waals surface area contributed by atoms with Crippen molar-refractivity contribution < 1.29 is 9.90 Å². The maximum absolute atomic E-state index is 11.0. The second-order valence-corrected chi connectivity index (χ2v) is 5.19. The minimum atomic E-state index is -0.715. The first-order valence-electron chi connectivity index (χ1n) is 6.15. The fourth-order valence-electron chi connectivity index (χ4n) is 2.18. The number of aromatic nitrogens is 3. The van der Waals surface area contributed by atoms with Crippen LogP contribution in [-0.4, -0.2) is 25.8 Å². The molecule has 17 heavy (non-hydrogen) atoms. The summed E-state index contributed by atoms with van der Waals surface area (Å²) in [6, 6.07) is 0. The Bertz CT molecular complexity index is 425. The van der Waals surface area contributed by atoms with E-state index in [9.17, 15) is 4.79 Å². The van der Waals surface area contributed by atoms with Gasteiger partial charge in [-0.1, -0.05) is 20.8 Å². The van der Waals surface area contributed by atoms with E-state index < -0.39 is 5.97 Å². The number of rotatable bonds is 3. The van der Waals surface area contributed by atoms with Crippen LogP contribution in [0.2, 0.25) is 0 Å². The first-order valence-corrected chi connectivity index (χ1v) is 6.15. The number of aliphatic carboxylic acids is 1. The molecule has 1 aliphatic rings. The maximum Gasteiger partial charge on any atom is 0.308 e. The molecule has 2 atom stereocenters. The van der Waals surface area contributed by atoms with E-state index in [1.807, 2.05) is 4.57 Å². The summed E-state index contributed by atoms with van der Waals surface area (Å²) in [6.07, 6.45) is 1.39. The average molecular weight is 237 g/mol. The SMILES string of the molecule is CC(C)C(C)c1nnc2n1CC(C(=O)O)CC2. The minimum absolute atomic E-state index is 0.295. The van der Waals surface area contributed by atoms with E-state index in [1.54, 1.807) is 0 Å². The van der Waals surface area contributed by atoms with Gasteiger partial charge in [-0.05, 0) is 12.3 Å². The molecule has 2 unspecified atom stereocenters. The van der Waals surface area contributed by atoms with Crippen molar-refractivity contribution >= 4 is 5.97 Å². The van der Waals surface area contributed by atoms with Crippen LogP contribution in [-0.2, 0) is 17.8 Å². The summed E-state index contributed by atoms with van der Waals surface area (Å²) in [5, 5.41) is 17.5. The highest BCUT2D eigenvalue weighted by Gasteiger charge is 2.29. The van der Waals surface area contributed by atoms with Crippen LogP contribution in [0.15, 0.2) is 0 Å². The van der Waals surface area contributed by atoms with Gasteiger partial charge in [0.2, 0.25) is 0 Å². The highest BCUT2D eigenvalue weighted by molar-refractivity contribution is 5.70. The Balaban J connectivity index is 2.28. The lowest BCUT2D eigenvalue weighted by Crippen LogP contribution is -2.28. The zero-order valence-electron chi connectivity index (χ0n) is 10.6. The quantitative estimate of drug-likeness (QED) is 0.868. The maximum atomic E-state index is 11.0. The molecule has 94 valence electrons. The van der Waals surface area contributed by atoms with Crippen LogP contribution in [0, 0.1) is 11.8 Å². The zero-order chi connectivity index (χ0) is 12.6. The Hall–Kier alpha value is -1.39. The van der Waals surface area contributed by atoms with Crippen LogP contribution in [0.1, 0.15) is 44.8 Å². The molecule has 2 heterocycles. The summed E-state index contributed by atoms with van der Waals surface area (Å²) in [5.74, 6) is 1.65. The Morgan fingerprint density at radius 3 is 2.71 bits per heavy atom. The second kappa shape index (κ2) is 4.47. The van der Waals surface area contributed by atoms with E-state index in [0.717, 1.165) is 18.1 Å². The van der Waals surface area contributed by atoms with Crippen molar-refractivity contribution in [1.29, 1.82) is 0 Å². The molecule has 5 heteroatoms. The van der Waals surface area contributed by atoms with Gasteiger partial charge in [-0.3, -0.25) is 4.79 Å². The summed E-state index contributed by atoms with van der Waals surface area (Å²) in [6.45, 7) is 6.92. The van der Waals surface area contributed by atoms with E-state index in [0.29, 0.717) is 24.8 Å². The predicted molar refractivity (Wildman–Crippen MR) is 62.7 cm³/mol. The highest BCUT2D eigenvalue weighted by Crippen LogP contribution is 2.27. The average Bonchev–Trinajstić information content (AvgIpc) is 2.70.